The molecule has 0 spiro atoms. The molecule has 4 fully saturated rings. The zero-order chi connectivity index (χ0) is 27.9. The summed E-state index contributed by atoms with van der Waals surface area (Å²) in [5.74, 6) is 0. The van der Waals surface area contributed by atoms with Crippen molar-refractivity contribution >= 4 is 0 Å². The molecule has 17 heteroatoms. The minimum Gasteiger partial charge on any atom is -0.388 e. The second-order valence-corrected chi connectivity index (χ2v) is 9.78. The van der Waals surface area contributed by atoms with Gasteiger partial charge in [-0.15, -0.1) is 0 Å². The van der Waals surface area contributed by atoms with E-state index >= 15 is 0 Å². The van der Waals surface area contributed by atoms with E-state index < -0.39 is 111 Å². The van der Waals surface area contributed by atoms with E-state index in [0.29, 0.717) is 0 Å². The van der Waals surface area contributed by atoms with Crippen molar-refractivity contribution in [1.82, 2.24) is 0 Å². The zero-order valence-corrected chi connectivity index (χ0v) is 20.3. The lowest BCUT2D eigenvalue weighted by Gasteiger charge is -2.46. The lowest BCUT2D eigenvalue weighted by atomic mass is 9.98. The fraction of sp³-hybridized carbons (Fsp3) is 1.00. The Morgan fingerprint density at radius 1 is 0.474 bits per heavy atom. The summed E-state index contributed by atoms with van der Waals surface area (Å²) in [7, 11) is 0. The molecule has 0 bridgehead atoms. The van der Waals surface area contributed by atoms with Gasteiger partial charge < -0.3 is 84.2 Å². The Morgan fingerprint density at radius 2 is 0.947 bits per heavy atom. The predicted molar refractivity (Wildman–Crippen MR) is 114 cm³/mol. The number of hydrogen-bond donors (Lipinski definition) is 10. The van der Waals surface area contributed by atoms with Crippen molar-refractivity contribution in [1.29, 1.82) is 0 Å². The van der Waals surface area contributed by atoms with E-state index in [2.05, 4.69) is 0 Å². The quantitative estimate of drug-likeness (QED) is 0.145. The second-order valence-electron chi connectivity index (χ2n) is 9.78. The van der Waals surface area contributed by atoms with Crippen molar-refractivity contribution in [2.75, 3.05) is 19.8 Å². The summed E-state index contributed by atoms with van der Waals surface area (Å²) in [6.07, 6.45) is -25.7. The van der Waals surface area contributed by atoms with Crippen LogP contribution >= 0.6 is 0 Å². The van der Waals surface area contributed by atoms with E-state index in [0.717, 1.165) is 0 Å². The molecule has 38 heavy (non-hydrogen) atoms. The molecule has 4 aliphatic heterocycles. The first kappa shape index (κ1) is 30.3. The van der Waals surface area contributed by atoms with E-state index in [1.165, 1.54) is 6.92 Å². The van der Waals surface area contributed by atoms with Crippen LogP contribution < -0.4 is 0 Å². The van der Waals surface area contributed by atoms with Crippen LogP contribution in [0.2, 0.25) is 0 Å². The summed E-state index contributed by atoms with van der Waals surface area (Å²) in [6, 6.07) is 0. The largest absolute Gasteiger partial charge is 0.388 e. The number of aliphatic hydroxyl groups is 10. The molecule has 4 saturated heterocycles. The third kappa shape index (κ3) is 6.14. The van der Waals surface area contributed by atoms with Gasteiger partial charge in [0.25, 0.3) is 0 Å². The smallest absolute Gasteiger partial charge is 0.187 e. The predicted octanol–water partition coefficient (Wildman–Crippen LogP) is -6.80. The minimum absolute atomic E-state index is 0.348. The molecule has 0 radical (unpaired) electrons. The Morgan fingerprint density at radius 3 is 1.61 bits per heavy atom. The van der Waals surface area contributed by atoms with Gasteiger partial charge in [0.15, 0.2) is 25.2 Å². The number of rotatable bonds is 6. The summed E-state index contributed by atoms with van der Waals surface area (Å²) in [4.78, 5) is 0. The fourth-order valence-corrected chi connectivity index (χ4v) is 4.68. The van der Waals surface area contributed by atoms with E-state index in [1.54, 1.807) is 0 Å². The van der Waals surface area contributed by atoms with Crippen LogP contribution in [0.1, 0.15) is 6.92 Å². The second kappa shape index (κ2) is 12.5. The van der Waals surface area contributed by atoms with Gasteiger partial charge in [0, 0.05) is 0 Å². The van der Waals surface area contributed by atoms with Crippen LogP contribution in [-0.4, -0.2) is 175 Å². The van der Waals surface area contributed by atoms with Gasteiger partial charge in [0.2, 0.25) is 0 Å². The van der Waals surface area contributed by atoms with E-state index in [4.69, 9.17) is 33.2 Å². The van der Waals surface area contributed by atoms with Gasteiger partial charge in [-0.1, -0.05) is 0 Å². The van der Waals surface area contributed by atoms with Crippen LogP contribution in [0.25, 0.3) is 0 Å². The number of aliphatic hydroxyl groups excluding tert-OH is 10. The molecular formula is C21H36O17. The Hall–Kier alpha value is -0.680. The molecule has 17 nitrogen and oxygen atoms in total. The minimum atomic E-state index is -1.79. The number of hydrogen-bond acceptors (Lipinski definition) is 17. The van der Waals surface area contributed by atoms with Crippen LogP contribution in [0.3, 0.4) is 0 Å². The molecular weight excluding hydrogens is 524 g/mol. The monoisotopic (exact) mass is 560 g/mol. The van der Waals surface area contributed by atoms with Crippen LogP contribution in [-0.2, 0) is 33.2 Å². The molecule has 4 rings (SSSR count). The Labute approximate surface area is 216 Å². The molecule has 0 aliphatic carbocycles. The highest BCUT2D eigenvalue weighted by Crippen LogP contribution is 2.31. The van der Waals surface area contributed by atoms with E-state index in [9.17, 15) is 51.1 Å². The zero-order valence-electron chi connectivity index (χ0n) is 20.3. The van der Waals surface area contributed by atoms with Gasteiger partial charge in [0.05, 0.1) is 25.9 Å². The highest BCUT2D eigenvalue weighted by molar-refractivity contribution is 4.94. The maximum atomic E-state index is 10.8. The van der Waals surface area contributed by atoms with Crippen LogP contribution in [0.15, 0.2) is 0 Å². The average Bonchev–Trinajstić information content (AvgIpc) is 2.88. The van der Waals surface area contributed by atoms with Crippen LogP contribution in [0.4, 0.5) is 0 Å². The van der Waals surface area contributed by atoms with Crippen LogP contribution in [0.5, 0.6) is 0 Å². The third-order valence-electron chi connectivity index (χ3n) is 6.98. The number of ether oxygens (including phenoxy) is 7. The first-order valence-corrected chi connectivity index (χ1v) is 12.2. The molecule has 0 amide bonds. The van der Waals surface area contributed by atoms with Crippen molar-refractivity contribution in [3.63, 3.8) is 0 Å². The molecule has 222 valence electrons. The van der Waals surface area contributed by atoms with Crippen molar-refractivity contribution < 1.29 is 84.2 Å². The van der Waals surface area contributed by atoms with E-state index in [1.807, 2.05) is 0 Å². The Bertz CT molecular complexity index is 761. The van der Waals surface area contributed by atoms with E-state index in [-0.39, 0.29) is 13.2 Å². The normalized spacial score (nSPS) is 54.6. The molecule has 17 atom stereocenters. The van der Waals surface area contributed by atoms with Gasteiger partial charge in [-0.05, 0) is 6.92 Å². The molecule has 4 heterocycles. The molecule has 0 unspecified atom stereocenters. The molecule has 0 aromatic rings. The summed E-state index contributed by atoms with van der Waals surface area (Å²) in [6.45, 7) is 0.303. The third-order valence-corrected chi connectivity index (χ3v) is 6.98. The van der Waals surface area contributed by atoms with Crippen molar-refractivity contribution in [3.05, 3.63) is 0 Å². The van der Waals surface area contributed by atoms with Crippen molar-refractivity contribution in [2.24, 2.45) is 0 Å². The molecule has 0 aromatic carbocycles. The summed E-state index contributed by atoms with van der Waals surface area (Å²) in [5.41, 5.74) is 0. The summed E-state index contributed by atoms with van der Waals surface area (Å²) in [5, 5.41) is 102. The Kier molecular flexibility index (Phi) is 9.92. The molecule has 0 aromatic heterocycles. The first-order chi connectivity index (χ1) is 17.9. The van der Waals surface area contributed by atoms with Gasteiger partial charge in [-0.2, -0.15) is 0 Å². The average molecular weight is 561 g/mol. The standard InChI is InChI=1S/C21H36O17/c1-5-15(36-19-11(27)9(25)6(22)2-33-19)10(26)12(28)21(35-5)38-17-8(24)4-34-20(14(17)30)37-16-7(23)3-32-18(31)13(16)29/h5-31H,2-4H2,1H3/t5-,6+,7-,8+,9-,10-,11+,12+,13+,14+,15-,16-,17-,18+,19-,20-,21-/m0/s1. The maximum Gasteiger partial charge on any atom is 0.187 e. The first-order valence-electron chi connectivity index (χ1n) is 12.2. The molecule has 10 N–H and O–H groups in total. The van der Waals surface area contributed by atoms with Crippen molar-refractivity contribution in [2.45, 2.75) is 111 Å². The molecule has 0 saturated carbocycles. The summed E-state index contributed by atoms with van der Waals surface area (Å²) < 4.78 is 37.4. The van der Waals surface area contributed by atoms with Crippen LogP contribution in [0, 0.1) is 0 Å². The SMILES string of the molecule is C[C@@H]1O[C@@H](O[C@@H]2[C@@H](O)[C@H](O[C@@H]3[C@@H](O)[C@H](O)OC[C@@H]3O)OC[C@H]2O)[C@H](O)[C@H](O)[C@H]1O[C@@H]1OC[C@@H](O)[C@H](O)[C@H]1O. The lowest BCUT2D eigenvalue weighted by molar-refractivity contribution is -0.372. The van der Waals surface area contributed by atoms with Gasteiger partial charge in [0.1, 0.15) is 73.2 Å². The van der Waals surface area contributed by atoms with Crippen molar-refractivity contribution in [3.8, 4) is 0 Å². The highest BCUT2D eigenvalue weighted by Gasteiger charge is 2.51. The fourth-order valence-electron chi connectivity index (χ4n) is 4.68. The van der Waals surface area contributed by atoms with Gasteiger partial charge >= 0.3 is 0 Å². The molecule has 4 aliphatic rings. The summed E-state index contributed by atoms with van der Waals surface area (Å²) >= 11 is 0. The topological polar surface area (TPSA) is 267 Å². The highest BCUT2D eigenvalue weighted by atomic mass is 16.8. The Balaban J connectivity index is 1.38. The lowest BCUT2D eigenvalue weighted by Crippen LogP contribution is -2.64. The van der Waals surface area contributed by atoms with Gasteiger partial charge in [-0.3, -0.25) is 0 Å². The maximum absolute atomic E-state index is 10.8. The van der Waals surface area contributed by atoms with Gasteiger partial charge in [-0.25, -0.2) is 0 Å².